The van der Waals surface area contributed by atoms with E-state index in [2.05, 4.69) is 51.9 Å². The van der Waals surface area contributed by atoms with Crippen LogP contribution < -0.4 is 10.6 Å². The Morgan fingerprint density at radius 1 is 0.968 bits per heavy atom. The van der Waals surface area contributed by atoms with Crippen molar-refractivity contribution in [3.63, 3.8) is 0 Å². The molecule has 0 aliphatic rings. The summed E-state index contributed by atoms with van der Waals surface area (Å²) in [6.45, 7) is 5.72. The lowest BCUT2D eigenvalue weighted by atomic mass is 10.0. The van der Waals surface area contributed by atoms with E-state index in [0.29, 0.717) is 22.7 Å². The molecule has 2 N–H and O–H groups in total. The maximum absolute atomic E-state index is 12.6. The smallest absolute Gasteiger partial charge is 0.251 e. The van der Waals surface area contributed by atoms with Gasteiger partial charge in [-0.1, -0.05) is 18.2 Å². The number of hydrogen-bond acceptors (Lipinski definition) is 5. The minimum atomic E-state index is -0.283. The summed E-state index contributed by atoms with van der Waals surface area (Å²) in [6, 6.07) is 16.7. The molecule has 0 fully saturated rings. The standard InChI is InChI=1S/C23H22N6O2/c1-14-7-8-17(11-15(14)2)20-9-10-21-26-27-22(29(21)28-20)13-24-23(31)18-5-4-6-19(12-18)25-16(3)30/h4-12H,13H2,1-3H3,(H,24,31)(H,25,30). The lowest BCUT2D eigenvalue weighted by Crippen LogP contribution is -2.24. The second-order valence-corrected chi connectivity index (χ2v) is 7.35. The first kappa shape index (κ1) is 20.2. The SMILES string of the molecule is CC(=O)Nc1cccc(C(=O)NCc2nnc3ccc(-c4ccc(C)c(C)c4)nn23)c1. The minimum Gasteiger partial charge on any atom is -0.345 e. The van der Waals surface area contributed by atoms with Crippen LogP contribution in [0.5, 0.6) is 0 Å². The molecule has 2 amide bonds. The fourth-order valence-corrected chi connectivity index (χ4v) is 3.20. The Hall–Kier alpha value is -4.07. The van der Waals surface area contributed by atoms with Crippen LogP contribution in [0.1, 0.15) is 34.2 Å². The molecule has 0 spiro atoms. The molecule has 0 bridgehead atoms. The first-order valence-corrected chi connectivity index (χ1v) is 9.85. The predicted octanol–water partition coefficient (Wildman–Crippen LogP) is 3.30. The molecular weight excluding hydrogens is 392 g/mol. The number of anilines is 1. The van der Waals surface area contributed by atoms with Crippen LogP contribution in [0.4, 0.5) is 5.69 Å². The third-order valence-electron chi connectivity index (χ3n) is 4.98. The molecule has 4 rings (SSSR count). The zero-order valence-electron chi connectivity index (χ0n) is 17.5. The third-order valence-corrected chi connectivity index (χ3v) is 4.98. The lowest BCUT2D eigenvalue weighted by Gasteiger charge is -2.08. The van der Waals surface area contributed by atoms with Crippen LogP contribution in [0.15, 0.2) is 54.6 Å². The number of aromatic nitrogens is 4. The molecule has 0 saturated heterocycles. The molecule has 2 aromatic heterocycles. The zero-order valence-corrected chi connectivity index (χ0v) is 17.5. The molecule has 2 aromatic carbocycles. The molecule has 31 heavy (non-hydrogen) atoms. The Balaban J connectivity index is 1.54. The van der Waals surface area contributed by atoms with Gasteiger partial charge in [-0.3, -0.25) is 9.59 Å². The van der Waals surface area contributed by atoms with Crippen LogP contribution in [0.3, 0.4) is 0 Å². The Kier molecular flexibility index (Phi) is 5.44. The van der Waals surface area contributed by atoms with Crippen molar-refractivity contribution in [2.75, 3.05) is 5.32 Å². The molecule has 0 atom stereocenters. The van der Waals surface area contributed by atoms with E-state index in [1.54, 1.807) is 28.8 Å². The van der Waals surface area contributed by atoms with Gasteiger partial charge in [0.15, 0.2) is 11.5 Å². The van der Waals surface area contributed by atoms with Gasteiger partial charge in [0.05, 0.1) is 12.2 Å². The Morgan fingerprint density at radius 2 is 1.81 bits per heavy atom. The number of nitrogens with one attached hydrogen (secondary N) is 2. The van der Waals surface area contributed by atoms with E-state index in [1.165, 1.54) is 18.1 Å². The lowest BCUT2D eigenvalue weighted by molar-refractivity contribution is -0.114. The van der Waals surface area contributed by atoms with Crippen molar-refractivity contribution >= 4 is 23.1 Å². The van der Waals surface area contributed by atoms with Crippen molar-refractivity contribution in [1.29, 1.82) is 0 Å². The number of benzene rings is 2. The first-order valence-electron chi connectivity index (χ1n) is 9.85. The van der Waals surface area contributed by atoms with E-state index >= 15 is 0 Å². The summed E-state index contributed by atoms with van der Waals surface area (Å²) in [5, 5.41) is 18.5. The van der Waals surface area contributed by atoms with Crippen LogP contribution in [0.2, 0.25) is 0 Å². The summed E-state index contributed by atoms with van der Waals surface area (Å²) in [5.41, 5.74) is 5.81. The van der Waals surface area contributed by atoms with Crippen LogP contribution in [0, 0.1) is 13.8 Å². The fourth-order valence-electron chi connectivity index (χ4n) is 3.20. The monoisotopic (exact) mass is 414 g/mol. The number of aryl methyl sites for hydroxylation is 2. The highest BCUT2D eigenvalue weighted by Crippen LogP contribution is 2.20. The average molecular weight is 414 g/mol. The zero-order chi connectivity index (χ0) is 22.0. The molecule has 0 unspecified atom stereocenters. The summed E-state index contributed by atoms with van der Waals surface area (Å²) in [4.78, 5) is 23.8. The second kappa shape index (κ2) is 8.35. The molecule has 0 aliphatic heterocycles. The summed E-state index contributed by atoms with van der Waals surface area (Å²) >= 11 is 0. The second-order valence-electron chi connectivity index (χ2n) is 7.35. The van der Waals surface area contributed by atoms with Gasteiger partial charge in [-0.15, -0.1) is 10.2 Å². The van der Waals surface area contributed by atoms with Crippen LogP contribution in [-0.2, 0) is 11.3 Å². The predicted molar refractivity (Wildman–Crippen MR) is 118 cm³/mol. The van der Waals surface area contributed by atoms with Crippen molar-refractivity contribution < 1.29 is 9.59 Å². The van der Waals surface area contributed by atoms with Gasteiger partial charge in [-0.2, -0.15) is 9.61 Å². The van der Waals surface area contributed by atoms with Gasteiger partial charge in [0.25, 0.3) is 5.91 Å². The van der Waals surface area contributed by atoms with Crippen molar-refractivity contribution in [3.8, 4) is 11.3 Å². The fraction of sp³-hybridized carbons (Fsp3) is 0.174. The normalized spacial score (nSPS) is 10.8. The van der Waals surface area contributed by atoms with E-state index in [0.717, 1.165) is 11.3 Å². The van der Waals surface area contributed by atoms with Crippen molar-refractivity contribution in [2.24, 2.45) is 0 Å². The van der Waals surface area contributed by atoms with Crippen LogP contribution >= 0.6 is 0 Å². The van der Waals surface area contributed by atoms with Gasteiger partial charge in [0.2, 0.25) is 5.91 Å². The van der Waals surface area contributed by atoms with E-state index in [-0.39, 0.29) is 18.4 Å². The van der Waals surface area contributed by atoms with Gasteiger partial charge >= 0.3 is 0 Å². The maximum Gasteiger partial charge on any atom is 0.251 e. The molecule has 2 heterocycles. The average Bonchev–Trinajstić information content (AvgIpc) is 3.16. The molecule has 0 aliphatic carbocycles. The number of fused-ring (bicyclic) bond motifs is 1. The van der Waals surface area contributed by atoms with Crippen molar-refractivity contribution in [1.82, 2.24) is 25.1 Å². The highest BCUT2D eigenvalue weighted by Gasteiger charge is 2.12. The quantitative estimate of drug-likeness (QED) is 0.522. The summed E-state index contributed by atoms with van der Waals surface area (Å²) in [6.07, 6.45) is 0. The van der Waals surface area contributed by atoms with E-state index in [4.69, 9.17) is 0 Å². The minimum absolute atomic E-state index is 0.160. The molecule has 0 radical (unpaired) electrons. The number of carbonyl (C=O) groups is 2. The molecule has 4 aromatic rings. The molecule has 156 valence electrons. The number of amides is 2. The van der Waals surface area contributed by atoms with Crippen LogP contribution in [-0.4, -0.2) is 31.6 Å². The number of nitrogens with zero attached hydrogens (tertiary/aromatic N) is 4. The van der Waals surface area contributed by atoms with Gasteiger partial charge in [-0.05, 0) is 61.4 Å². The molecule has 8 heteroatoms. The molecule has 0 saturated carbocycles. The van der Waals surface area contributed by atoms with Gasteiger partial charge < -0.3 is 10.6 Å². The summed E-state index contributed by atoms with van der Waals surface area (Å²) in [7, 11) is 0. The largest absolute Gasteiger partial charge is 0.345 e. The maximum atomic E-state index is 12.6. The van der Waals surface area contributed by atoms with E-state index in [9.17, 15) is 9.59 Å². The summed E-state index contributed by atoms with van der Waals surface area (Å²) < 4.78 is 1.64. The summed E-state index contributed by atoms with van der Waals surface area (Å²) in [5.74, 6) is 0.0412. The molecular formula is C23H22N6O2. The number of hydrogen-bond donors (Lipinski definition) is 2. The third kappa shape index (κ3) is 4.42. The highest BCUT2D eigenvalue weighted by atomic mass is 16.2. The topological polar surface area (TPSA) is 101 Å². The highest BCUT2D eigenvalue weighted by molar-refractivity contribution is 5.96. The van der Waals surface area contributed by atoms with Gasteiger partial charge in [-0.25, -0.2) is 0 Å². The van der Waals surface area contributed by atoms with E-state index < -0.39 is 0 Å². The van der Waals surface area contributed by atoms with Crippen LogP contribution in [0.25, 0.3) is 16.9 Å². The number of carbonyl (C=O) groups excluding carboxylic acids is 2. The van der Waals surface area contributed by atoms with Gasteiger partial charge in [0.1, 0.15) is 0 Å². The van der Waals surface area contributed by atoms with E-state index in [1.807, 2.05) is 18.2 Å². The van der Waals surface area contributed by atoms with Crippen molar-refractivity contribution in [3.05, 3.63) is 77.1 Å². The Morgan fingerprint density at radius 3 is 2.58 bits per heavy atom. The van der Waals surface area contributed by atoms with Gasteiger partial charge in [0, 0.05) is 23.7 Å². The molecule has 8 nitrogen and oxygen atoms in total. The number of rotatable bonds is 5. The van der Waals surface area contributed by atoms with Crippen molar-refractivity contribution in [2.45, 2.75) is 27.3 Å². The Bertz CT molecular complexity index is 1290. The first-order chi connectivity index (χ1) is 14.9. The Labute approximate surface area is 179 Å².